The number of aliphatic hydroxyl groups is 1. The van der Waals surface area contributed by atoms with Gasteiger partial charge in [-0.1, -0.05) is 18.2 Å². The van der Waals surface area contributed by atoms with Crippen LogP contribution in [-0.2, 0) is 4.79 Å². The average molecular weight is 279 g/mol. The summed E-state index contributed by atoms with van der Waals surface area (Å²) < 4.78 is 0. The Balaban J connectivity index is 2.15. The Morgan fingerprint density at radius 1 is 1.32 bits per heavy atom. The highest BCUT2D eigenvalue weighted by molar-refractivity contribution is 7.99. The quantitative estimate of drug-likeness (QED) is 0.894. The number of fused-ring (bicyclic) bond motifs is 1. The van der Waals surface area contributed by atoms with E-state index >= 15 is 0 Å². The van der Waals surface area contributed by atoms with E-state index in [1.54, 1.807) is 25.6 Å². The molecule has 1 heterocycles. The van der Waals surface area contributed by atoms with Gasteiger partial charge in [0.1, 0.15) is 0 Å². The van der Waals surface area contributed by atoms with Crippen molar-refractivity contribution in [2.45, 2.75) is 49.6 Å². The zero-order valence-electron chi connectivity index (χ0n) is 11.9. The van der Waals surface area contributed by atoms with E-state index in [2.05, 4.69) is 11.4 Å². The summed E-state index contributed by atoms with van der Waals surface area (Å²) in [5.41, 5.74) is -0.531. The van der Waals surface area contributed by atoms with Crippen molar-refractivity contribution in [3.8, 4) is 0 Å². The molecule has 0 aliphatic carbocycles. The number of benzene rings is 1. The van der Waals surface area contributed by atoms with Crippen LogP contribution in [0.1, 0.15) is 39.2 Å². The van der Waals surface area contributed by atoms with Gasteiger partial charge in [-0.05, 0) is 39.3 Å². The number of amides is 1. The number of carbonyl (C=O) groups excluding carboxylic acids is 1. The Labute approximate surface area is 118 Å². The molecule has 0 bridgehead atoms. The highest BCUT2D eigenvalue weighted by Gasteiger charge is 2.39. The van der Waals surface area contributed by atoms with E-state index in [1.165, 1.54) is 4.90 Å². The summed E-state index contributed by atoms with van der Waals surface area (Å²) in [7, 11) is 0. The van der Waals surface area contributed by atoms with Crippen molar-refractivity contribution < 1.29 is 9.90 Å². The minimum absolute atomic E-state index is 0.00965. The summed E-state index contributed by atoms with van der Waals surface area (Å²) in [6, 6.07) is 8.02. The van der Waals surface area contributed by atoms with Gasteiger partial charge in [0.15, 0.2) is 0 Å². The van der Waals surface area contributed by atoms with Gasteiger partial charge in [0.05, 0.1) is 17.1 Å². The molecular weight excluding hydrogens is 258 g/mol. The van der Waals surface area contributed by atoms with Crippen molar-refractivity contribution in [3.05, 3.63) is 29.8 Å². The predicted molar refractivity (Wildman–Crippen MR) is 78.4 cm³/mol. The summed E-state index contributed by atoms with van der Waals surface area (Å²) in [6.07, 6.45) is 0. The van der Waals surface area contributed by atoms with E-state index in [0.717, 1.165) is 11.3 Å². The van der Waals surface area contributed by atoms with Crippen LogP contribution in [0.25, 0.3) is 0 Å². The van der Waals surface area contributed by atoms with Crippen LogP contribution < -0.4 is 5.32 Å². The molecule has 1 aromatic carbocycles. The van der Waals surface area contributed by atoms with Gasteiger partial charge < -0.3 is 10.4 Å². The molecule has 0 aromatic heterocycles. The Hall–Kier alpha value is -1.00. The second kappa shape index (κ2) is 4.84. The van der Waals surface area contributed by atoms with Crippen molar-refractivity contribution in [2.75, 3.05) is 5.75 Å². The molecule has 1 atom stereocenters. The first-order valence-corrected chi connectivity index (χ1v) is 7.47. The molecule has 0 spiro atoms. The monoisotopic (exact) mass is 279 g/mol. The van der Waals surface area contributed by atoms with E-state index in [4.69, 9.17) is 0 Å². The lowest BCUT2D eigenvalue weighted by molar-refractivity contribution is -0.127. The molecular formula is C15H21NO2S. The lowest BCUT2D eigenvalue weighted by Crippen LogP contribution is -2.58. The lowest BCUT2D eigenvalue weighted by atomic mass is 9.85. The topological polar surface area (TPSA) is 49.3 Å². The van der Waals surface area contributed by atoms with Crippen LogP contribution in [-0.4, -0.2) is 27.9 Å². The summed E-state index contributed by atoms with van der Waals surface area (Å²) in [5.74, 6) is 0.639. The minimum Gasteiger partial charge on any atom is -0.388 e. The number of hydrogen-bond donors (Lipinski definition) is 2. The standard InChI is InChI=1S/C15H21NO2S/c1-14(2,15(3,4)18)16-13(17)11-9-19-12-8-6-5-7-10(11)12/h5-8,11,18H,9H2,1-4H3,(H,16,17). The van der Waals surface area contributed by atoms with Gasteiger partial charge in [0, 0.05) is 10.6 Å². The summed E-state index contributed by atoms with van der Waals surface area (Å²) >= 11 is 1.71. The van der Waals surface area contributed by atoms with Crippen LogP contribution in [0.5, 0.6) is 0 Å². The Bertz CT molecular complexity index is 491. The second-order valence-corrected chi connectivity index (χ2v) is 7.14. The van der Waals surface area contributed by atoms with Gasteiger partial charge in [-0.2, -0.15) is 0 Å². The summed E-state index contributed by atoms with van der Waals surface area (Å²) in [6.45, 7) is 7.12. The normalized spacial score (nSPS) is 19.1. The minimum atomic E-state index is -0.964. The Morgan fingerprint density at radius 3 is 2.58 bits per heavy atom. The Kier molecular flexibility index (Phi) is 3.67. The third kappa shape index (κ3) is 2.79. The molecule has 1 aliphatic heterocycles. The molecule has 4 heteroatoms. The summed E-state index contributed by atoms with van der Waals surface area (Å²) in [5, 5.41) is 13.1. The molecule has 104 valence electrons. The van der Waals surface area contributed by atoms with Gasteiger partial charge in [-0.15, -0.1) is 11.8 Å². The third-order valence-electron chi connectivity index (χ3n) is 3.98. The molecule has 1 amide bonds. The van der Waals surface area contributed by atoms with Crippen molar-refractivity contribution in [2.24, 2.45) is 0 Å². The first-order valence-electron chi connectivity index (χ1n) is 6.48. The number of hydrogen-bond acceptors (Lipinski definition) is 3. The van der Waals surface area contributed by atoms with E-state index in [1.807, 2.05) is 32.0 Å². The highest BCUT2D eigenvalue weighted by atomic mass is 32.2. The van der Waals surface area contributed by atoms with Gasteiger partial charge in [-0.25, -0.2) is 0 Å². The smallest absolute Gasteiger partial charge is 0.228 e. The Morgan fingerprint density at radius 2 is 1.95 bits per heavy atom. The maximum absolute atomic E-state index is 12.4. The molecule has 0 radical (unpaired) electrons. The zero-order valence-corrected chi connectivity index (χ0v) is 12.7. The van der Waals surface area contributed by atoms with Gasteiger partial charge in [0.2, 0.25) is 5.91 Å². The van der Waals surface area contributed by atoms with E-state index in [9.17, 15) is 9.90 Å². The number of nitrogens with one attached hydrogen (secondary N) is 1. The first-order chi connectivity index (χ1) is 8.72. The van der Waals surface area contributed by atoms with E-state index < -0.39 is 11.1 Å². The molecule has 0 fully saturated rings. The number of rotatable bonds is 3. The van der Waals surface area contributed by atoms with E-state index in [-0.39, 0.29) is 11.8 Å². The van der Waals surface area contributed by atoms with Crippen LogP contribution in [0, 0.1) is 0 Å². The fourth-order valence-corrected chi connectivity index (χ4v) is 3.16. The van der Waals surface area contributed by atoms with Crippen molar-refractivity contribution in [1.82, 2.24) is 5.32 Å². The lowest BCUT2D eigenvalue weighted by Gasteiger charge is -2.38. The fraction of sp³-hybridized carbons (Fsp3) is 0.533. The molecule has 19 heavy (non-hydrogen) atoms. The predicted octanol–water partition coefficient (Wildman–Crippen LogP) is 2.54. The zero-order chi connectivity index (χ0) is 14.3. The van der Waals surface area contributed by atoms with Crippen LogP contribution in [0.2, 0.25) is 0 Å². The average Bonchev–Trinajstić information content (AvgIpc) is 2.70. The van der Waals surface area contributed by atoms with Crippen LogP contribution >= 0.6 is 11.8 Å². The molecule has 1 unspecified atom stereocenters. The van der Waals surface area contributed by atoms with E-state index in [0.29, 0.717) is 0 Å². The van der Waals surface area contributed by atoms with Crippen LogP contribution in [0.15, 0.2) is 29.2 Å². The molecule has 0 saturated carbocycles. The van der Waals surface area contributed by atoms with Crippen LogP contribution in [0.3, 0.4) is 0 Å². The molecule has 2 N–H and O–H groups in total. The molecule has 1 aliphatic rings. The second-order valence-electron chi connectivity index (χ2n) is 6.07. The number of thioether (sulfide) groups is 1. The fourth-order valence-electron chi connectivity index (χ4n) is 1.93. The maximum atomic E-state index is 12.4. The highest BCUT2D eigenvalue weighted by Crippen LogP contribution is 2.39. The van der Waals surface area contributed by atoms with Crippen LogP contribution in [0.4, 0.5) is 0 Å². The third-order valence-corrected chi connectivity index (χ3v) is 5.16. The largest absolute Gasteiger partial charge is 0.388 e. The molecule has 3 nitrogen and oxygen atoms in total. The van der Waals surface area contributed by atoms with Gasteiger partial charge in [-0.3, -0.25) is 4.79 Å². The molecule has 0 saturated heterocycles. The van der Waals surface area contributed by atoms with Gasteiger partial charge in [0.25, 0.3) is 0 Å². The SMILES string of the molecule is CC(C)(O)C(C)(C)NC(=O)C1CSc2ccccc21. The molecule has 1 aromatic rings. The number of carbonyl (C=O) groups is 1. The maximum Gasteiger partial charge on any atom is 0.228 e. The van der Waals surface area contributed by atoms with Gasteiger partial charge >= 0.3 is 0 Å². The van der Waals surface area contributed by atoms with Crippen molar-refractivity contribution >= 4 is 17.7 Å². The first kappa shape index (κ1) is 14.4. The van der Waals surface area contributed by atoms with Crippen molar-refractivity contribution in [3.63, 3.8) is 0 Å². The van der Waals surface area contributed by atoms with Crippen molar-refractivity contribution in [1.29, 1.82) is 0 Å². The summed E-state index contributed by atoms with van der Waals surface area (Å²) in [4.78, 5) is 13.6. The molecule has 2 rings (SSSR count).